The van der Waals surface area contributed by atoms with E-state index in [-0.39, 0.29) is 5.02 Å². The Bertz CT molecular complexity index is 851. The first-order chi connectivity index (χ1) is 9.60. The third-order valence-corrected chi connectivity index (χ3v) is 3.88. The molecule has 1 N–H and O–H groups in total. The normalized spacial score (nSPS) is 11.2. The zero-order valence-corrected chi connectivity index (χ0v) is 12.4. The molecular weight excluding hydrogens is 295 g/mol. The number of benzene rings is 2. The van der Waals surface area contributed by atoms with Crippen molar-refractivity contribution in [2.24, 2.45) is 0 Å². The van der Waals surface area contributed by atoms with Crippen LogP contribution in [0.15, 0.2) is 36.4 Å². The predicted octanol–water partition coefficient (Wildman–Crippen LogP) is 5.04. The number of H-pyrrole nitrogens is 1. The number of nitrogens with zero attached hydrogens (tertiary/aromatic N) is 1. The second-order valence-corrected chi connectivity index (χ2v) is 5.37. The van der Waals surface area contributed by atoms with E-state index in [0.29, 0.717) is 10.3 Å². The molecule has 0 bridgehead atoms. The van der Waals surface area contributed by atoms with Crippen molar-refractivity contribution in [2.75, 3.05) is 0 Å². The third-order valence-electron chi connectivity index (χ3n) is 3.30. The van der Waals surface area contributed by atoms with Crippen molar-refractivity contribution in [2.45, 2.75) is 13.3 Å². The molecule has 0 unspecified atom stereocenters. The molecule has 0 aliphatic rings. The van der Waals surface area contributed by atoms with Gasteiger partial charge in [-0.1, -0.05) is 30.7 Å². The fourth-order valence-electron chi connectivity index (χ4n) is 2.27. The van der Waals surface area contributed by atoms with Gasteiger partial charge < -0.3 is 4.98 Å². The summed E-state index contributed by atoms with van der Waals surface area (Å²) < 4.78 is 16.1. The van der Waals surface area contributed by atoms with Gasteiger partial charge in [0.15, 0.2) is 4.77 Å². The van der Waals surface area contributed by atoms with Gasteiger partial charge in [-0.25, -0.2) is 4.39 Å². The maximum Gasteiger partial charge on any atom is 0.182 e. The largest absolute Gasteiger partial charge is 0.330 e. The lowest BCUT2D eigenvalue weighted by molar-refractivity contribution is 0.629. The molecule has 0 spiro atoms. The summed E-state index contributed by atoms with van der Waals surface area (Å²) in [7, 11) is 0. The molecule has 0 aliphatic heterocycles. The first-order valence-electron chi connectivity index (χ1n) is 6.29. The maximum absolute atomic E-state index is 13.7. The zero-order valence-electron chi connectivity index (χ0n) is 10.8. The van der Waals surface area contributed by atoms with E-state index < -0.39 is 5.82 Å². The van der Waals surface area contributed by atoms with Crippen LogP contribution >= 0.6 is 23.8 Å². The highest BCUT2D eigenvalue weighted by Crippen LogP contribution is 2.25. The van der Waals surface area contributed by atoms with Crippen LogP contribution in [0.5, 0.6) is 0 Å². The molecule has 3 aromatic rings. The molecule has 0 radical (unpaired) electrons. The van der Waals surface area contributed by atoms with Crippen LogP contribution < -0.4 is 0 Å². The van der Waals surface area contributed by atoms with Crippen LogP contribution in [0.3, 0.4) is 0 Å². The number of aryl methyl sites for hydroxylation is 1. The van der Waals surface area contributed by atoms with Gasteiger partial charge in [0.1, 0.15) is 5.82 Å². The lowest BCUT2D eigenvalue weighted by Gasteiger charge is -2.07. The SMILES string of the molecule is CCc1cccc(-n2c(=S)[nH]c3cc(Cl)c(F)cc32)c1. The summed E-state index contributed by atoms with van der Waals surface area (Å²) in [6, 6.07) is 11.0. The van der Waals surface area contributed by atoms with Gasteiger partial charge >= 0.3 is 0 Å². The van der Waals surface area contributed by atoms with Crippen LogP contribution in [-0.4, -0.2) is 9.55 Å². The second-order valence-electron chi connectivity index (χ2n) is 4.57. The average molecular weight is 307 g/mol. The molecule has 20 heavy (non-hydrogen) atoms. The Balaban J connectivity index is 2.32. The number of rotatable bonds is 2. The van der Waals surface area contributed by atoms with Gasteiger partial charge in [-0.2, -0.15) is 0 Å². The van der Waals surface area contributed by atoms with Crippen LogP contribution in [0.4, 0.5) is 4.39 Å². The van der Waals surface area contributed by atoms with Gasteiger partial charge in [0, 0.05) is 11.8 Å². The lowest BCUT2D eigenvalue weighted by Crippen LogP contribution is -1.95. The van der Waals surface area contributed by atoms with E-state index in [0.717, 1.165) is 17.6 Å². The summed E-state index contributed by atoms with van der Waals surface area (Å²) in [4.78, 5) is 3.06. The number of hydrogen-bond acceptors (Lipinski definition) is 1. The van der Waals surface area contributed by atoms with E-state index in [1.165, 1.54) is 11.6 Å². The van der Waals surface area contributed by atoms with E-state index in [2.05, 4.69) is 24.0 Å². The Kier molecular flexibility index (Phi) is 3.36. The van der Waals surface area contributed by atoms with Crippen molar-refractivity contribution in [3.05, 3.63) is 57.6 Å². The molecule has 2 aromatic carbocycles. The Hall–Kier alpha value is -1.65. The van der Waals surface area contributed by atoms with Crippen LogP contribution in [0.1, 0.15) is 12.5 Å². The summed E-state index contributed by atoms with van der Waals surface area (Å²) in [5.41, 5.74) is 3.53. The van der Waals surface area contributed by atoms with Crippen molar-refractivity contribution in [1.82, 2.24) is 9.55 Å². The summed E-state index contributed by atoms with van der Waals surface area (Å²) in [5, 5.41) is 0.0863. The fraction of sp³-hybridized carbons (Fsp3) is 0.133. The first-order valence-corrected chi connectivity index (χ1v) is 7.08. The molecule has 0 fully saturated rings. The Morgan fingerprint density at radius 1 is 1.30 bits per heavy atom. The standard InChI is InChI=1S/C15H12ClFN2S/c1-2-9-4-3-5-10(6-9)19-14-8-12(17)11(16)7-13(14)18-15(19)20/h3-8H,2H2,1H3,(H,18,20). The van der Waals surface area contributed by atoms with Gasteiger partial charge in [-0.15, -0.1) is 0 Å². The molecule has 5 heteroatoms. The third kappa shape index (κ3) is 2.15. The molecule has 2 nitrogen and oxygen atoms in total. The number of nitrogens with one attached hydrogen (secondary N) is 1. The van der Waals surface area contributed by atoms with E-state index in [1.54, 1.807) is 6.07 Å². The van der Waals surface area contributed by atoms with Gasteiger partial charge in [0.25, 0.3) is 0 Å². The Morgan fingerprint density at radius 3 is 2.85 bits per heavy atom. The number of halogens is 2. The molecule has 102 valence electrons. The zero-order chi connectivity index (χ0) is 14.3. The summed E-state index contributed by atoms with van der Waals surface area (Å²) >= 11 is 11.1. The molecule has 3 rings (SSSR count). The minimum atomic E-state index is -0.450. The molecule has 1 aromatic heterocycles. The van der Waals surface area contributed by atoms with Gasteiger partial charge in [0.2, 0.25) is 0 Å². The highest BCUT2D eigenvalue weighted by molar-refractivity contribution is 7.71. The first kappa shape index (κ1) is 13.3. The minimum absolute atomic E-state index is 0.0863. The van der Waals surface area contributed by atoms with E-state index in [9.17, 15) is 4.39 Å². The molecular formula is C15H12ClFN2S. The quantitative estimate of drug-likeness (QED) is 0.658. The lowest BCUT2D eigenvalue weighted by atomic mass is 10.1. The Labute approximate surface area is 125 Å². The number of aromatic amines is 1. The van der Waals surface area contributed by atoms with Gasteiger partial charge in [-0.3, -0.25) is 4.57 Å². The van der Waals surface area contributed by atoms with Crippen molar-refractivity contribution in [3.63, 3.8) is 0 Å². The highest BCUT2D eigenvalue weighted by atomic mass is 35.5. The van der Waals surface area contributed by atoms with E-state index in [1.807, 2.05) is 16.7 Å². The number of aromatic nitrogens is 2. The van der Waals surface area contributed by atoms with Crippen LogP contribution in [0, 0.1) is 10.6 Å². The average Bonchev–Trinajstić information content (AvgIpc) is 2.74. The molecule has 0 atom stereocenters. The van der Waals surface area contributed by atoms with Crippen LogP contribution in [-0.2, 0) is 6.42 Å². The van der Waals surface area contributed by atoms with Crippen molar-refractivity contribution < 1.29 is 4.39 Å². The van der Waals surface area contributed by atoms with Crippen molar-refractivity contribution in [1.29, 1.82) is 0 Å². The smallest absolute Gasteiger partial charge is 0.182 e. The Morgan fingerprint density at radius 2 is 2.10 bits per heavy atom. The molecule has 0 aliphatic carbocycles. The molecule has 0 amide bonds. The van der Waals surface area contributed by atoms with Crippen molar-refractivity contribution >= 4 is 34.9 Å². The number of hydrogen-bond donors (Lipinski definition) is 1. The number of fused-ring (bicyclic) bond motifs is 1. The van der Waals surface area contributed by atoms with Crippen LogP contribution in [0.25, 0.3) is 16.7 Å². The molecule has 0 saturated carbocycles. The topological polar surface area (TPSA) is 20.7 Å². The maximum atomic E-state index is 13.7. The molecule has 0 saturated heterocycles. The summed E-state index contributed by atoms with van der Waals surface area (Å²) in [6.45, 7) is 2.09. The number of imidazole rings is 1. The van der Waals surface area contributed by atoms with Gasteiger partial charge in [0.05, 0.1) is 16.1 Å². The van der Waals surface area contributed by atoms with Gasteiger partial charge in [-0.05, 0) is 42.4 Å². The van der Waals surface area contributed by atoms with E-state index in [4.69, 9.17) is 23.8 Å². The van der Waals surface area contributed by atoms with Crippen LogP contribution in [0.2, 0.25) is 5.02 Å². The summed E-state index contributed by atoms with van der Waals surface area (Å²) in [5.74, 6) is -0.450. The van der Waals surface area contributed by atoms with E-state index >= 15 is 0 Å². The predicted molar refractivity (Wildman–Crippen MR) is 82.8 cm³/mol. The minimum Gasteiger partial charge on any atom is -0.330 e. The fourth-order valence-corrected chi connectivity index (χ4v) is 2.75. The monoisotopic (exact) mass is 306 g/mol. The second kappa shape index (κ2) is 5.04. The summed E-state index contributed by atoms with van der Waals surface area (Å²) in [6.07, 6.45) is 0.934. The molecule has 1 heterocycles. The highest BCUT2D eigenvalue weighted by Gasteiger charge is 2.10. The van der Waals surface area contributed by atoms with Crippen molar-refractivity contribution in [3.8, 4) is 5.69 Å².